The van der Waals surface area contributed by atoms with E-state index >= 15 is 0 Å². The van der Waals surface area contributed by atoms with Gasteiger partial charge >= 0.3 is 0 Å². The third kappa shape index (κ3) is 4.16. The molecular weight excluding hydrogens is 324 g/mol. The normalized spacial score (nSPS) is 11.5. The van der Waals surface area contributed by atoms with Gasteiger partial charge in [0.1, 0.15) is 22.9 Å². The van der Waals surface area contributed by atoms with Crippen LogP contribution >= 0.6 is 0 Å². The maximum Gasteiger partial charge on any atom is 0.141 e. The molecule has 0 amide bonds. The highest BCUT2D eigenvalue weighted by molar-refractivity contribution is 5.96. The zero-order chi connectivity index (χ0) is 18.5. The summed E-state index contributed by atoms with van der Waals surface area (Å²) in [4.78, 5) is 8.75. The molecule has 0 heterocycles. The minimum atomic E-state index is 0.150. The fourth-order valence-corrected chi connectivity index (χ4v) is 2.51. The van der Waals surface area contributed by atoms with Gasteiger partial charge < -0.3 is 10.2 Å². The van der Waals surface area contributed by atoms with Gasteiger partial charge in [-0.25, -0.2) is 0 Å². The quantitative estimate of drug-likeness (QED) is 0.638. The summed E-state index contributed by atoms with van der Waals surface area (Å²) in [5, 5.41) is 20.0. The van der Waals surface area contributed by atoms with E-state index in [1.165, 1.54) is 0 Å². The molecule has 3 aromatic carbocycles. The largest absolute Gasteiger partial charge is 0.506 e. The number of phenols is 2. The van der Waals surface area contributed by atoms with Crippen LogP contribution in [0.1, 0.15) is 22.3 Å². The highest BCUT2D eigenvalue weighted by Crippen LogP contribution is 2.28. The molecule has 0 unspecified atom stereocenters. The number of hydrogen-bond acceptors (Lipinski definition) is 4. The Hall–Kier alpha value is -3.40. The van der Waals surface area contributed by atoms with Gasteiger partial charge in [0.15, 0.2) is 0 Å². The van der Waals surface area contributed by atoms with Crippen molar-refractivity contribution in [2.45, 2.75) is 13.8 Å². The molecule has 0 saturated carbocycles. The van der Waals surface area contributed by atoms with E-state index in [1.54, 1.807) is 36.7 Å². The molecule has 0 aliphatic carbocycles. The topological polar surface area (TPSA) is 65.2 Å². The third-order valence-electron chi connectivity index (χ3n) is 3.94. The van der Waals surface area contributed by atoms with Crippen molar-refractivity contribution >= 4 is 23.8 Å². The van der Waals surface area contributed by atoms with Crippen LogP contribution in [0.2, 0.25) is 0 Å². The van der Waals surface area contributed by atoms with Crippen molar-refractivity contribution in [2.75, 3.05) is 0 Å². The first-order chi connectivity index (χ1) is 12.5. The standard InChI is InChI=1S/C22H20N2O2/c1-15-7-9-19(21(25)11-15)23-13-17-5-3-4-6-18(17)14-24-20-10-8-16(2)12-22(20)26/h3-14,25-26H,1-2H3. The molecule has 0 radical (unpaired) electrons. The van der Waals surface area contributed by atoms with E-state index in [2.05, 4.69) is 9.98 Å². The first-order valence-electron chi connectivity index (χ1n) is 8.29. The van der Waals surface area contributed by atoms with Crippen molar-refractivity contribution in [1.29, 1.82) is 0 Å². The molecule has 4 nitrogen and oxygen atoms in total. The van der Waals surface area contributed by atoms with Crippen molar-refractivity contribution in [3.8, 4) is 11.5 Å². The number of nitrogens with zero attached hydrogens (tertiary/aromatic N) is 2. The first kappa shape index (κ1) is 17.4. The summed E-state index contributed by atoms with van der Waals surface area (Å²) in [6.45, 7) is 3.83. The highest BCUT2D eigenvalue weighted by atomic mass is 16.3. The Kier molecular flexibility index (Phi) is 5.13. The zero-order valence-corrected chi connectivity index (χ0v) is 14.7. The van der Waals surface area contributed by atoms with Crippen molar-refractivity contribution in [1.82, 2.24) is 0 Å². The Bertz CT molecular complexity index is 911. The SMILES string of the molecule is Cc1ccc(N=Cc2ccccc2C=Nc2ccc(C)cc2O)c(O)c1. The first-order valence-corrected chi connectivity index (χ1v) is 8.29. The summed E-state index contributed by atoms with van der Waals surface area (Å²) < 4.78 is 0. The van der Waals surface area contributed by atoms with Crippen molar-refractivity contribution in [3.63, 3.8) is 0 Å². The lowest BCUT2D eigenvalue weighted by Gasteiger charge is -2.03. The summed E-state index contributed by atoms with van der Waals surface area (Å²) in [5.74, 6) is 0.300. The summed E-state index contributed by atoms with van der Waals surface area (Å²) in [6, 6.07) is 18.4. The minimum Gasteiger partial charge on any atom is -0.506 e. The number of rotatable bonds is 4. The molecule has 3 aromatic rings. The summed E-state index contributed by atoms with van der Waals surface area (Å²) in [6.07, 6.45) is 3.39. The Labute approximate surface area is 152 Å². The van der Waals surface area contributed by atoms with Crippen LogP contribution in [-0.2, 0) is 0 Å². The van der Waals surface area contributed by atoms with Crippen LogP contribution in [-0.4, -0.2) is 22.6 Å². The Morgan fingerprint density at radius 3 is 1.46 bits per heavy atom. The number of phenolic OH excluding ortho intramolecular Hbond substituents is 2. The van der Waals surface area contributed by atoms with E-state index < -0.39 is 0 Å². The molecule has 0 saturated heterocycles. The number of aryl methyl sites for hydroxylation is 2. The molecule has 0 fully saturated rings. The number of benzene rings is 3. The molecule has 130 valence electrons. The number of hydrogen-bond donors (Lipinski definition) is 2. The second-order valence-electron chi connectivity index (χ2n) is 6.13. The Morgan fingerprint density at radius 2 is 1.08 bits per heavy atom. The molecule has 26 heavy (non-hydrogen) atoms. The van der Waals surface area contributed by atoms with Crippen LogP contribution < -0.4 is 0 Å². The number of aliphatic imine (C=N–C) groups is 2. The van der Waals surface area contributed by atoms with Crippen LogP contribution in [0.3, 0.4) is 0 Å². The molecule has 0 spiro atoms. The summed E-state index contributed by atoms with van der Waals surface area (Å²) in [5.41, 5.74) is 4.71. The fourth-order valence-electron chi connectivity index (χ4n) is 2.51. The van der Waals surface area contributed by atoms with Crippen molar-refractivity contribution < 1.29 is 10.2 Å². The molecule has 0 bridgehead atoms. The number of aromatic hydroxyl groups is 2. The monoisotopic (exact) mass is 344 g/mol. The molecular formula is C22H20N2O2. The van der Waals surface area contributed by atoms with Gasteiger partial charge in [-0.3, -0.25) is 9.98 Å². The van der Waals surface area contributed by atoms with Crippen LogP contribution in [0.5, 0.6) is 11.5 Å². The van der Waals surface area contributed by atoms with Gasteiger partial charge in [0.2, 0.25) is 0 Å². The Morgan fingerprint density at radius 1 is 0.654 bits per heavy atom. The van der Waals surface area contributed by atoms with Crippen LogP contribution in [0.15, 0.2) is 70.6 Å². The summed E-state index contributed by atoms with van der Waals surface area (Å²) >= 11 is 0. The zero-order valence-electron chi connectivity index (χ0n) is 14.7. The Balaban J connectivity index is 1.88. The maximum atomic E-state index is 9.98. The molecule has 0 aliphatic heterocycles. The van der Waals surface area contributed by atoms with E-state index in [9.17, 15) is 10.2 Å². The van der Waals surface area contributed by atoms with Gasteiger partial charge in [-0.1, -0.05) is 36.4 Å². The van der Waals surface area contributed by atoms with Gasteiger partial charge in [-0.05, 0) is 49.2 Å². The van der Waals surface area contributed by atoms with Crippen LogP contribution in [0.25, 0.3) is 0 Å². The van der Waals surface area contributed by atoms with Gasteiger partial charge in [-0.15, -0.1) is 0 Å². The summed E-state index contributed by atoms with van der Waals surface area (Å²) in [7, 11) is 0. The van der Waals surface area contributed by atoms with Crippen molar-refractivity contribution in [2.24, 2.45) is 9.98 Å². The van der Waals surface area contributed by atoms with Gasteiger partial charge in [0, 0.05) is 23.6 Å². The van der Waals surface area contributed by atoms with E-state index in [0.29, 0.717) is 11.4 Å². The van der Waals surface area contributed by atoms with Gasteiger partial charge in [0.25, 0.3) is 0 Å². The van der Waals surface area contributed by atoms with Crippen LogP contribution in [0.4, 0.5) is 11.4 Å². The molecule has 2 N–H and O–H groups in total. The lowest BCUT2D eigenvalue weighted by Crippen LogP contribution is -1.91. The minimum absolute atomic E-state index is 0.150. The molecule has 0 aromatic heterocycles. The highest BCUT2D eigenvalue weighted by Gasteiger charge is 2.02. The second-order valence-corrected chi connectivity index (χ2v) is 6.13. The average Bonchev–Trinajstić information content (AvgIpc) is 2.61. The predicted octanol–water partition coefficient (Wildman–Crippen LogP) is 5.22. The second kappa shape index (κ2) is 7.66. The molecule has 0 atom stereocenters. The predicted molar refractivity (Wildman–Crippen MR) is 107 cm³/mol. The van der Waals surface area contributed by atoms with E-state index in [4.69, 9.17) is 0 Å². The molecule has 0 aliphatic rings. The van der Waals surface area contributed by atoms with Gasteiger partial charge in [0.05, 0.1) is 0 Å². The van der Waals surface area contributed by atoms with Crippen molar-refractivity contribution in [3.05, 3.63) is 82.9 Å². The lowest BCUT2D eigenvalue weighted by molar-refractivity contribution is 0.476. The fraction of sp³-hybridized carbons (Fsp3) is 0.0909. The smallest absolute Gasteiger partial charge is 0.141 e. The molecule has 4 heteroatoms. The average molecular weight is 344 g/mol. The van der Waals surface area contributed by atoms with E-state index in [-0.39, 0.29) is 11.5 Å². The third-order valence-corrected chi connectivity index (χ3v) is 3.94. The maximum absolute atomic E-state index is 9.98. The van der Waals surface area contributed by atoms with Gasteiger partial charge in [-0.2, -0.15) is 0 Å². The van der Waals surface area contributed by atoms with E-state index in [1.807, 2.05) is 50.2 Å². The molecule has 3 rings (SSSR count). The lowest BCUT2D eigenvalue weighted by atomic mass is 10.1. The van der Waals surface area contributed by atoms with Crippen LogP contribution in [0, 0.1) is 13.8 Å². The van der Waals surface area contributed by atoms with E-state index in [0.717, 1.165) is 22.3 Å².